The summed E-state index contributed by atoms with van der Waals surface area (Å²) in [5.41, 5.74) is 0. The molecular weight excluding hydrogens is 204 g/mol. The van der Waals surface area contributed by atoms with Crippen LogP contribution in [0.25, 0.3) is 0 Å². The Kier molecular flexibility index (Phi) is 11.4. The molecule has 4 heteroatoms. The van der Waals surface area contributed by atoms with Crippen LogP contribution in [0.2, 0.25) is 0 Å². The maximum absolute atomic E-state index is 10.4. The highest BCUT2D eigenvalue weighted by Gasteiger charge is 2.04. The number of carbonyl (C=O) groups is 2. The molecular formula is C10H17ClO3. The van der Waals surface area contributed by atoms with E-state index in [0.29, 0.717) is 0 Å². The maximum Gasteiger partial charge on any atom is 0.303 e. The number of halogens is 1. The van der Waals surface area contributed by atoms with Crippen molar-refractivity contribution in [1.29, 1.82) is 0 Å². The van der Waals surface area contributed by atoms with Crippen molar-refractivity contribution >= 4 is 22.8 Å². The lowest BCUT2D eigenvalue weighted by Gasteiger charge is -2.10. The number of hydrogen-bond acceptors (Lipinski definition) is 3. The van der Waals surface area contributed by atoms with Crippen molar-refractivity contribution < 1.29 is 14.3 Å². The predicted molar refractivity (Wildman–Crippen MR) is 57.2 cm³/mol. The van der Waals surface area contributed by atoms with Gasteiger partial charge < -0.3 is 4.74 Å². The van der Waals surface area contributed by atoms with E-state index in [4.69, 9.17) is 4.74 Å². The van der Waals surface area contributed by atoms with Crippen molar-refractivity contribution in [3.8, 4) is 0 Å². The van der Waals surface area contributed by atoms with Gasteiger partial charge in [0.15, 0.2) is 0 Å². The lowest BCUT2D eigenvalue weighted by Crippen LogP contribution is -2.12. The van der Waals surface area contributed by atoms with Gasteiger partial charge in [0.1, 0.15) is 6.10 Å². The summed E-state index contributed by atoms with van der Waals surface area (Å²) in [6.45, 7) is 8.30. The molecule has 1 atom stereocenters. The molecule has 0 fully saturated rings. The largest absolute Gasteiger partial charge is 0.458 e. The van der Waals surface area contributed by atoms with Crippen LogP contribution in [-0.2, 0) is 14.3 Å². The highest BCUT2D eigenvalue weighted by atomic mass is 35.5. The quantitative estimate of drug-likeness (QED) is 0.416. The van der Waals surface area contributed by atoms with Crippen molar-refractivity contribution in [2.24, 2.45) is 0 Å². The summed E-state index contributed by atoms with van der Waals surface area (Å²) in [7, 11) is 0. The molecule has 0 aliphatic heterocycles. The Bertz CT molecular complexity index is 186. The summed E-state index contributed by atoms with van der Waals surface area (Å²) >= 11 is 4.64. The third kappa shape index (κ3) is 17.3. The molecule has 0 aliphatic carbocycles. The Morgan fingerprint density at radius 1 is 1.50 bits per heavy atom. The molecule has 0 amide bonds. The fraction of sp³-hybridized carbons (Fsp3) is 0.600. The van der Waals surface area contributed by atoms with Gasteiger partial charge in [-0.05, 0) is 18.0 Å². The lowest BCUT2D eigenvalue weighted by molar-refractivity contribution is -0.144. The number of esters is 1. The zero-order valence-electron chi connectivity index (χ0n) is 8.88. The monoisotopic (exact) mass is 220 g/mol. The van der Waals surface area contributed by atoms with Crippen LogP contribution in [0.5, 0.6) is 0 Å². The second kappa shape index (κ2) is 10.3. The molecule has 1 unspecified atom stereocenters. The summed E-state index contributed by atoms with van der Waals surface area (Å²) in [5, 5.41) is -0.361. The number of hydrogen-bond donors (Lipinski definition) is 0. The van der Waals surface area contributed by atoms with Gasteiger partial charge in [-0.1, -0.05) is 26.0 Å². The Morgan fingerprint density at radius 3 is 2.14 bits per heavy atom. The fourth-order valence-electron chi connectivity index (χ4n) is 0.723. The third-order valence-electron chi connectivity index (χ3n) is 1.15. The van der Waals surface area contributed by atoms with Gasteiger partial charge in [0.25, 0.3) is 0 Å². The van der Waals surface area contributed by atoms with E-state index in [1.54, 1.807) is 6.08 Å². The van der Waals surface area contributed by atoms with Crippen LogP contribution < -0.4 is 0 Å². The van der Waals surface area contributed by atoms with E-state index in [-0.39, 0.29) is 17.3 Å². The molecule has 0 radical (unpaired) electrons. The van der Waals surface area contributed by atoms with Crippen LogP contribution in [0, 0.1) is 0 Å². The van der Waals surface area contributed by atoms with E-state index in [1.165, 1.54) is 13.8 Å². The van der Waals surface area contributed by atoms with Gasteiger partial charge in [-0.25, -0.2) is 0 Å². The molecule has 14 heavy (non-hydrogen) atoms. The average Bonchev–Trinajstić information content (AvgIpc) is 2.01. The molecule has 0 aromatic carbocycles. The summed E-state index contributed by atoms with van der Waals surface area (Å²) in [4.78, 5) is 19.6. The molecule has 82 valence electrons. The standard InChI is InChI=1S/C8H14O2.C2H3ClO/c1-4-6-8(5-2)10-7(3)9;1-2(3)4/h5,8H,2,4,6H2,1,3H3;1H3. The van der Waals surface area contributed by atoms with Crippen molar-refractivity contribution in [1.82, 2.24) is 0 Å². The summed E-state index contributed by atoms with van der Waals surface area (Å²) in [6, 6.07) is 0. The first kappa shape index (κ1) is 15.6. The van der Waals surface area contributed by atoms with Gasteiger partial charge in [0.2, 0.25) is 5.24 Å². The first-order valence-electron chi connectivity index (χ1n) is 4.39. The minimum Gasteiger partial charge on any atom is -0.458 e. The Hall–Kier alpha value is -0.830. The van der Waals surface area contributed by atoms with E-state index < -0.39 is 0 Å². The molecule has 0 aromatic heterocycles. The SMILES string of the molecule is C=CC(CCC)OC(C)=O.CC(=O)Cl. The zero-order chi connectivity index (χ0) is 11.6. The summed E-state index contributed by atoms with van der Waals surface area (Å²) in [6.07, 6.45) is 3.43. The first-order valence-corrected chi connectivity index (χ1v) is 4.77. The van der Waals surface area contributed by atoms with Crippen molar-refractivity contribution in [2.45, 2.75) is 39.7 Å². The average molecular weight is 221 g/mol. The molecule has 0 saturated carbocycles. The second-order valence-corrected chi connectivity index (χ2v) is 3.17. The summed E-state index contributed by atoms with van der Waals surface area (Å²) in [5.74, 6) is -0.238. The molecule has 0 bridgehead atoms. The van der Waals surface area contributed by atoms with Crippen molar-refractivity contribution in [3.05, 3.63) is 12.7 Å². The Morgan fingerprint density at radius 2 is 1.93 bits per heavy atom. The topological polar surface area (TPSA) is 43.4 Å². The maximum atomic E-state index is 10.4. The van der Waals surface area contributed by atoms with Crippen LogP contribution in [0.15, 0.2) is 12.7 Å². The van der Waals surface area contributed by atoms with Gasteiger partial charge in [-0.15, -0.1) is 0 Å². The molecule has 3 nitrogen and oxygen atoms in total. The summed E-state index contributed by atoms with van der Waals surface area (Å²) < 4.78 is 4.88. The van der Waals surface area contributed by atoms with Gasteiger partial charge >= 0.3 is 5.97 Å². The number of carbonyl (C=O) groups excluding carboxylic acids is 2. The highest BCUT2D eigenvalue weighted by Crippen LogP contribution is 2.02. The van der Waals surface area contributed by atoms with Crippen molar-refractivity contribution in [2.75, 3.05) is 0 Å². The molecule has 0 aliphatic rings. The van der Waals surface area contributed by atoms with Crippen LogP contribution in [-0.4, -0.2) is 17.3 Å². The van der Waals surface area contributed by atoms with E-state index in [2.05, 4.69) is 18.2 Å². The van der Waals surface area contributed by atoms with E-state index in [1.807, 2.05) is 6.92 Å². The second-order valence-electron chi connectivity index (χ2n) is 2.64. The smallest absolute Gasteiger partial charge is 0.303 e. The van der Waals surface area contributed by atoms with Gasteiger partial charge in [0, 0.05) is 13.8 Å². The molecule has 0 heterocycles. The van der Waals surface area contributed by atoms with E-state index >= 15 is 0 Å². The molecule has 0 aromatic rings. The zero-order valence-corrected chi connectivity index (χ0v) is 9.63. The molecule has 0 rings (SSSR count). The van der Waals surface area contributed by atoms with Crippen LogP contribution >= 0.6 is 11.6 Å². The molecule has 0 saturated heterocycles. The fourth-order valence-corrected chi connectivity index (χ4v) is 0.723. The molecule has 0 spiro atoms. The van der Waals surface area contributed by atoms with Gasteiger partial charge in [-0.3, -0.25) is 9.59 Å². The minimum absolute atomic E-state index is 0.0949. The normalized spacial score (nSPS) is 10.6. The van der Waals surface area contributed by atoms with Crippen molar-refractivity contribution in [3.63, 3.8) is 0 Å². The van der Waals surface area contributed by atoms with Gasteiger partial charge in [0.05, 0.1) is 0 Å². The highest BCUT2D eigenvalue weighted by molar-refractivity contribution is 6.62. The Balaban J connectivity index is 0. The van der Waals surface area contributed by atoms with Crippen LogP contribution in [0.4, 0.5) is 0 Å². The number of rotatable bonds is 4. The third-order valence-corrected chi connectivity index (χ3v) is 1.15. The lowest BCUT2D eigenvalue weighted by atomic mass is 10.2. The predicted octanol–water partition coefficient (Wildman–Crippen LogP) is 2.68. The van der Waals surface area contributed by atoms with Gasteiger partial charge in [-0.2, -0.15) is 0 Å². The van der Waals surface area contributed by atoms with Crippen LogP contribution in [0.3, 0.4) is 0 Å². The van der Waals surface area contributed by atoms with E-state index in [9.17, 15) is 9.59 Å². The molecule has 0 N–H and O–H groups in total. The number of ether oxygens (including phenoxy) is 1. The van der Waals surface area contributed by atoms with Crippen LogP contribution in [0.1, 0.15) is 33.6 Å². The first-order chi connectivity index (χ1) is 6.43. The Labute approximate surface area is 90.1 Å². The minimum atomic E-state index is -0.361. The van der Waals surface area contributed by atoms with E-state index in [0.717, 1.165) is 12.8 Å².